The number of hydrogen-bond acceptors (Lipinski definition) is 4. The first-order chi connectivity index (χ1) is 18.8. The van der Waals surface area contributed by atoms with E-state index in [1.807, 2.05) is 34.6 Å². The Morgan fingerprint density at radius 1 is 0.900 bits per heavy atom. The van der Waals surface area contributed by atoms with Gasteiger partial charge in [0.15, 0.2) is 0 Å². The van der Waals surface area contributed by atoms with Crippen molar-refractivity contribution >= 4 is 27.5 Å². The summed E-state index contributed by atoms with van der Waals surface area (Å²) in [7, 11) is -4.17. The number of benzene rings is 3. The average Bonchev–Trinajstić information content (AvgIpc) is 2.91. The smallest absolute Gasteiger partial charge is 0.264 e. The first kappa shape index (κ1) is 30.8. The zero-order valence-corrected chi connectivity index (χ0v) is 24.8. The third-order valence-corrected chi connectivity index (χ3v) is 8.60. The van der Waals surface area contributed by atoms with Gasteiger partial charge in [-0.1, -0.05) is 55.8 Å². The molecule has 3 aromatic carbocycles. The summed E-state index contributed by atoms with van der Waals surface area (Å²) in [5.41, 5.74) is 3.27. The third kappa shape index (κ3) is 7.47. The summed E-state index contributed by atoms with van der Waals surface area (Å²) in [6.45, 7) is 10.7. The number of sulfonamides is 1. The molecule has 214 valence electrons. The van der Waals surface area contributed by atoms with Crippen LogP contribution >= 0.6 is 0 Å². The van der Waals surface area contributed by atoms with Crippen LogP contribution in [0.25, 0.3) is 0 Å². The summed E-state index contributed by atoms with van der Waals surface area (Å²) in [4.78, 5) is 28.2. The zero-order valence-electron chi connectivity index (χ0n) is 23.9. The number of hydrogen-bond donors (Lipinski definition) is 1. The molecule has 0 bridgehead atoms. The van der Waals surface area contributed by atoms with Gasteiger partial charge in [-0.3, -0.25) is 13.9 Å². The number of nitrogens with zero attached hydrogens (tertiary/aromatic N) is 2. The van der Waals surface area contributed by atoms with Crippen molar-refractivity contribution in [3.8, 4) is 0 Å². The molecule has 0 radical (unpaired) electrons. The van der Waals surface area contributed by atoms with Crippen molar-refractivity contribution in [2.75, 3.05) is 17.4 Å². The highest BCUT2D eigenvalue weighted by Crippen LogP contribution is 2.27. The molecule has 0 saturated carbocycles. The monoisotopic (exact) mass is 567 g/mol. The molecule has 0 fully saturated rings. The molecular formula is C31H38FN3O4S. The Morgan fingerprint density at radius 2 is 1.55 bits per heavy atom. The largest absolute Gasteiger partial charge is 0.354 e. The van der Waals surface area contributed by atoms with E-state index in [1.54, 1.807) is 55.5 Å². The number of halogens is 1. The molecule has 0 aliphatic carbocycles. The SMILES string of the molecule is Cc1ccc(S(=O)(=O)N(CC(=O)N(Cc2ccccc2F)[C@H](C)C(=O)NCC(C)C)c2ccc(C)c(C)c2)cc1. The Kier molecular flexibility index (Phi) is 10.1. The van der Waals surface area contributed by atoms with Crippen molar-refractivity contribution < 1.29 is 22.4 Å². The number of rotatable bonds is 11. The summed E-state index contributed by atoms with van der Waals surface area (Å²) in [6.07, 6.45) is 0. The van der Waals surface area contributed by atoms with E-state index in [9.17, 15) is 22.4 Å². The average molecular weight is 568 g/mol. The maximum absolute atomic E-state index is 14.6. The minimum Gasteiger partial charge on any atom is -0.354 e. The second-order valence-corrected chi connectivity index (χ2v) is 12.4. The molecule has 0 spiro atoms. The minimum absolute atomic E-state index is 0.0347. The van der Waals surface area contributed by atoms with Crippen molar-refractivity contribution in [3.63, 3.8) is 0 Å². The third-order valence-electron chi connectivity index (χ3n) is 6.82. The predicted octanol–water partition coefficient (Wildman–Crippen LogP) is 5.14. The van der Waals surface area contributed by atoms with Crippen LogP contribution in [0.3, 0.4) is 0 Å². The Morgan fingerprint density at radius 3 is 2.15 bits per heavy atom. The van der Waals surface area contributed by atoms with E-state index >= 15 is 0 Å². The number of aryl methyl sites for hydroxylation is 3. The van der Waals surface area contributed by atoms with Crippen LogP contribution in [-0.2, 0) is 26.2 Å². The maximum atomic E-state index is 14.6. The molecule has 0 aliphatic heterocycles. The van der Waals surface area contributed by atoms with Gasteiger partial charge in [0.2, 0.25) is 11.8 Å². The fourth-order valence-electron chi connectivity index (χ4n) is 4.09. The molecule has 0 heterocycles. The standard InChI is InChI=1S/C31H38FN3O4S/c1-21(2)18-33-31(37)25(6)34(19-26-9-7-8-10-29(26)32)30(36)20-35(27-14-13-23(4)24(5)17-27)40(38,39)28-15-11-22(3)12-16-28/h7-17,21,25H,18-20H2,1-6H3,(H,33,37)/t25-/m1/s1. The van der Waals surface area contributed by atoms with Crippen LogP contribution in [0.15, 0.2) is 71.6 Å². The normalized spacial score (nSPS) is 12.2. The summed E-state index contributed by atoms with van der Waals surface area (Å²) < 4.78 is 43.5. The van der Waals surface area contributed by atoms with E-state index in [0.717, 1.165) is 21.0 Å². The number of anilines is 1. The van der Waals surface area contributed by atoms with Gasteiger partial charge in [-0.05, 0) is 75.1 Å². The van der Waals surface area contributed by atoms with Crippen molar-refractivity contribution in [2.24, 2.45) is 5.92 Å². The lowest BCUT2D eigenvalue weighted by atomic mass is 10.1. The van der Waals surface area contributed by atoms with Gasteiger partial charge < -0.3 is 10.2 Å². The Hall–Kier alpha value is -3.72. The van der Waals surface area contributed by atoms with E-state index in [2.05, 4.69) is 5.32 Å². The lowest BCUT2D eigenvalue weighted by Gasteiger charge is -2.32. The van der Waals surface area contributed by atoms with Crippen molar-refractivity contribution in [1.82, 2.24) is 10.2 Å². The fourth-order valence-corrected chi connectivity index (χ4v) is 5.50. The quantitative estimate of drug-likeness (QED) is 0.348. The highest BCUT2D eigenvalue weighted by atomic mass is 32.2. The number of amides is 2. The van der Waals surface area contributed by atoms with Crippen LogP contribution < -0.4 is 9.62 Å². The first-order valence-corrected chi connectivity index (χ1v) is 14.7. The molecule has 0 unspecified atom stereocenters. The van der Waals surface area contributed by atoms with E-state index in [-0.39, 0.29) is 22.9 Å². The second-order valence-electron chi connectivity index (χ2n) is 10.5. The molecule has 40 heavy (non-hydrogen) atoms. The van der Waals surface area contributed by atoms with Crippen LogP contribution in [0.1, 0.15) is 43.0 Å². The van der Waals surface area contributed by atoms with Crippen LogP contribution in [0, 0.1) is 32.5 Å². The highest BCUT2D eigenvalue weighted by molar-refractivity contribution is 7.92. The fraction of sp³-hybridized carbons (Fsp3) is 0.355. The molecule has 3 aromatic rings. The first-order valence-electron chi connectivity index (χ1n) is 13.3. The van der Waals surface area contributed by atoms with E-state index < -0.39 is 40.2 Å². The summed E-state index contributed by atoms with van der Waals surface area (Å²) in [5.74, 6) is -1.37. The van der Waals surface area contributed by atoms with Crippen LogP contribution in [-0.4, -0.2) is 44.3 Å². The predicted molar refractivity (Wildman–Crippen MR) is 156 cm³/mol. The van der Waals surface area contributed by atoms with Gasteiger partial charge in [-0.15, -0.1) is 0 Å². The molecule has 1 atom stereocenters. The molecule has 1 N–H and O–H groups in total. The molecule has 0 aliphatic rings. The second kappa shape index (κ2) is 13.1. The molecule has 3 rings (SSSR count). The Balaban J connectivity index is 2.05. The molecular weight excluding hydrogens is 529 g/mol. The number of carbonyl (C=O) groups excluding carboxylic acids is 2. The van der Waals surface area contributed by atoms with Crippen LogP contribution in [0.4, 0.5) is 10.1 Å². The van der Waals surface area contributed by atoms with Gasteiger partial charge >= 0.3 is 0 Å². The van der Waals surface area contributed by atoms with E-state index in [0.29, 0.717) is 12.2 Å². The Labute approximate surface area is 237 Å². The van der Waals surface area contributed by atoms with Gasteiger partial charge in [0.1, 0.15) is 18.4 Å². The summed E-state index contributed by atoms with van der Waals surface area (Å²) >= 11 is 0. The maximum Gasteiger partial charge on any atom is 0.264 e. The van der Waals surface area contributed by atoms with Crippen LogP contribution in [0.5, 0.6) is 0 Å². The van der Waals surface area contributed by atoms with E-state index in [1.165, 1.54) is 23.1 Å². The molecule has 0 saturated heterocycles. The molecule has 9 heteroatoms. The summed E-state index contributed by atoms with van der Waals surface area (Å²) in [5, 5.41) is 2.82. The molecule has 2 amide bonds. The Bertz CT molecular complexity index is 1460. The van der Waals surface area contributed by atoms with E-state index in [4.69, 9.17) is 0 Å². The van der Waals surface area contributed by atoms with Crippen molar-refractivity contribution in [3.05, 3.63) is 94.8 Å². The molecule has 0 aromatic heterocycles. The number of carbonyl (C=O) groups is 2. The van der Waals surface area contributed by atoms with Crippen LogP contribution in [0.2, 0.25) is 0 Å². The van der Waals surface area contributed by atoms with Gasteiger partial charge in [-0.2, -0.15) is 0 Å². The molecule has 7 nitrogen and oxygen atoms in total. The van der Waals surface area contributed by atoms with Crippen molar-refractivity contribution in [1.29, 1.82) is 0 Å². The minimum atomic E-state index is -4.17. The van der Waals surface area contributed by atoms with Gasteiger partial charge in [0.25, 0.3) is 10.0 Å². The number of nitrogens with one attached hydrogen (secondary N) is 1. The topological polar surface area (TPSA) is 86.8 Å². The summed E-state index contributed by atoms with van der Waals surface area (Å²) in [6, 6.07) is 16.6. The van der Waals surface area contributed by atoms with Gasteiger partial charge in [-0.25, -0.2) is 12.8 Å². The highest BCUT2D eigenvalue weighted by Gasteiger charge is 2.33. The lowest BCUT2D eigenvalue weighted by Crippen LogP contribution is -2.51. The zero-order chi connectivity index (χ0) is 29.6. The van der Waals surface area contributed by atoms with Gasteiger partial charge in [0.05, 0.1) is 10.6 Å². The lowest BCUT2D eigenvalue weighted by molar-refractivity contribution is -0.139. The van der Waals surface area contributed by atoms with Crippen molar-refractivity contribution in [2.45, 2.75) is 59.0 Å². The van der Waals surface area contributed by atoms with Gasteiger partial charge in [0, 0.05) is 18.7 Å².